The largest absolute Gasteiger partial charge is 0.350 e. The van der Waals surface area contributed by atoms with Gasteiger partial charge in [-0.3, -0.25) is 10.1 Å². The summed E-state index contributed by atoms with van der Waals surface area (Å²) in [5.74, 6) is 0.735. The van der Waals surface area contributed by atoms with E-state index in [1.54, 1.807) is 29.5 Å². The molecule has 0 aliphatic carbocycles. The van der Waals surface area contributed by atoms with Crippen LogP contribution in [0.15, 0.2) is 18.3 Å². The number of imidazole rings is 1. The highest BCUT2D eigenvalue weighted by Crippen LogP contribution is 2.30. The zero-order chi connectivity index (χ0) is 22.3. The molecule has 10 nitrogen and oxygen atoms in total. The average Bonchev–Trinajstić information content (AvgIpc) is 3.03. The number of aromatic nitrogens is 4. The van der Waals surface area contributed by atoms with Gasteiger partial charge < -0.3 is 14.8 Å². The first-order valence-corrected chi connectivity index (χ1v) is 9.81. The molecule has 31 heavy (non-hydrogen) atoms. The number of nitro groups is 1. The van der Waals surface area contributed by atoms with Crippen LogP contribution in [-0.2, 0) is 7.05 Å². The summed E-state index contributed by atoms with van der Waals surface area (Å²) in [7, 11) is 1.80. The van der Waals surface area contributed by atoms with Crippen LogP contribution in [0.2, 0.25) is 5.15 Å². The maximum atomic E-state index is 14.6. The normalized spacial score (nSPS) is 18.7. The van der Waals surface area contributed by atoms with Gasteiger partial charge in [-0.15, -0.1) is 0 Å². The van der Waals surface area contributed by atoms with Crippen molar-refractivity contribution < 1.29 is 9.31 Å². The summed E-state index contributed by atoms with van der Waals surface area (Å²) in [6.07, 6.45) is 0.440. The Balaban J connectivity index is 1.61. The molecule has 1 aromatic carbocycles. The van der Waals surface area contributed by atoms with E-state index in [9.17, 15) is 14.5 Å². The predicted octanol–water partition coefficient (Wildman–Crippen LogP) is 3.81. The molecule has 160 valence electrons. The molecule has 3 aromatic rings. The summed E-state index contributed by atoms with van der Waals surface area (Å²) in [5, 5.41) is 14.4. The maximum absolute atomic E-state index is 14.6. The standard InChI is InChI=1S/C19H18ClFN8O2/c1-10-4-16-13(6-15(10)29(30)31)25-19(27(16)3)28-8-11(21)5-12(9-28)24-18-23-7-14(22-2)17(20)26-18/h4,6-7,11-12H,5,8-9H2,1,3H3,(H,23,24,26)/t11-,12-/m1/s1. The quantitative estimate of drug-likeness (QED) is 0.282. The van der Waals surface area contributed by atoms with Gasteiger partial charge in [0.05, 0.1) is 29.1 Å². The second kappa shape index (κ2) is 7.96. The molecule has 1 fully saturated rings. The number of alkyl halides is 1. The van der Waals surface area contributed by atoms with Gasteiger partial charge in [0.15, 0.2) is 0 Å². The molecular formula is C19H18ClFN8O2. The van der Waals surface area contributed by atoms with Crippen LogP contribution in [0.4, 0.5) is 27.7 Å². The molecule has 0 bridgehead atoms. The number of hydrogen-bond donors (Lipinski definition) is 1. The highest BCUT2D eigenvalue weighted by molar-refractivity contribution is 6.32. The van der Waals surface area contributed by atoms with E-state index in [0.29, 0.717) is 23.6 Å². The van der Waals surface area contributed by atoms with Gasteiger partial charge in [0, 0.05) is 43.9 Å². The Labute approximate surface area is 181 Å². The highest BCUT2D eigenvalue weighted by atomic mass is 35.5. The van der Waals surface area contributed by atoms with E-state index in [-0.39, 0.29) is 41.5 Å². The third kappa shape index (κ3) is 3.94. The van der Waals surface area contributed by atoms with Crippen molar-refractivity contribution in [3.8, 4) is 0 Å². The number of anilines is 2. The molecule has 3 heterocycles. The Morgan fingerprint density at radius 3 is 2.84 bits per heavy atom. The minimum absolute atomic E-state index is 0.00408. The number of hydrogen-bond acceptors (Lipinski definition) is 7. The van der Waals surface area contributed by atoms with Crippen molar-refractivity contribution >= 4 is 45.9 Å². The molecule has 0 unspecified atom stereocenters. The third-order valence-electron chi connectivity index (χ3n) is 5.23. The maximum Gasteiger partial charge on any atom is 0.274 e. The minimum Gasteiger partial charge on any atom is -0.350 e. The summed E-state index contributed by atoms with van der Waals surface area (Å²) in [4.78, 5) is 28.5. The second-order valence-corrected chi connectivity index (χ2v) is 7.77. The molecule has 12 heteroatoms. The van der Waals surface area contributed by atoms with Crippen molar-refractivity contribution in [1.82, 2.24) is 19.5 Å². The SMILES string of the molecule is [C-]#[N+]c1cnc(N[C@@H]2C[C@@H](F)CN(c3nc4cc([N+](=O)[O-])c(C)cc4n3C)C2)nc1Cl. The number of nitrogens with zero attached hydrogens (tertiary/aromatic N) is 7. The fourth-order valence-electron chi connectivity index (χ4n) is 3.79. The van der Waals surface area contributed by atoms with Crippen LogP contribution in [0, 0.1) is 23.6 Å². The van der Waals surface area contributed by atoms with Gasteiger partial charge in [-0.2, -0.15) is 0 Å². The van der Waals surface area contributed by atoms with Crippen LogP contribution < -0.4 is 10.2 Å². The summed E-state index contributed by atoms with van der Waals surface area (Å²) < 4.78 is 16.4. The van der Waals surface area contributed by atoms with E-state index in [4.69, 9.17) is 18.2 Å². The lowest BCUT2D eigenvalue weighted by Gasteiger charge is -2.35. The number of benzene rings is 1. The van der Waals surface area contributed by atoms with E-state index in [2.05, 4.69) is 25.1 Å². The topological polar surface area (TPSA) is 106 Å². The van der Waals surface area contributed by atoms with Crippen molar-refractivity contribution in [3.63, 3.8) is 0 Å². The number of nitrogens with one attached hydrogen (secondary N) is 1. The molecule has 1 aliphatic heterocycles. The lowest BCUT2D eigenvalue weighted by Crippen LogP contribution is -2.48. The fraction of sp³-hybridized carbons (Fsp3) is 0.368. The van der Waals surface area contributed by atoms with Crippen molar-refractivity contribution in [3.05, 3.63) is 50.6 Å². The van der Waals surface area contributed by atoms with Crippen LogP contribution in [0.5, 0.6) is 0 Å². The van der Waals surface area contributed by atoms with E-state index >= 15 is 0 Å². The van der Waals surface area contributed by atoms with Crippen molar-refractivity contribution in [2.24, 2.45) is 7.05 Å². The Morgan fingerprint density at radius 2 is 2.16 bits per heavy atom. The monoisotopic (exact) mass is 444 g/mol. The summed E-state index contributed by atoms with van der Waals surface area (Å²) >= 11 is 5.96. The van der Waals surface area contributed by atoms with E-state index < -0.39 is 11.1 Å². The first kappa shape index (κ1) is 20.7. The molecule has 2 aromatic heterocycles. The molecule has 1 saturated heterocycles. The number of fused-ring (bicyclic) bond motifs is 1. The Bertz CT molecular complexity index is 1220. The van der Waals surface area contributed by atoms with E-state index in [0.717, 1.165) is 5.52 Å². The summed E-state index contributed by atoms with van der Waals surface area (Å²) in [6.45, 7) is 9.25. The zero-order valence-corrected chi connectivity index (χ0v) is 17.5. The van der Waals surface area contributed by atoms with Gasteiger partial charge >= 0.3 is 0 Å². The van der Waals surface area contributed by atoms with Crippen LogP contribution >= 0.6 is 11.6 Å². The van der Waals surface area contributed by atoms with Crippen LogP contribution in [0.3, 0.4) is 0 Å². The van der Waals surface area contributed by atoms with Gasteiger partial charge in [0.25, 0.3) is 5.69 Å². The Hall–Kier alpha value is -3.52. The van der Waals surface area contributed by atoms with Gasteiger partial charge in [-0.1, -0.05) is 11.6 Å². The number of nitro benzene ring substituents is 1. The van der Waals surface area contributed by atoms with Gasteiger partial charge in [-0.25, -0.2) is 24.2 Å². The molecule has 1 aliphatic rings. The molecule has 1 N–H and O–H groups in total. The van der Waals surface area contributed by atoms with Gasteiger partial charge in [0.2, 0.25) is 17.6 Å². The number of aryl methyl sites for hydroxylation is 2. The molecule has 0 radical (unpaired) electrons. The molecule has 0 amide bonds. The van der Waals surface area contributed by atoms with Gasteiger partial charge in [-0.05, 0) is 13.0 Å². The Kier molecular flexibility index (Phi) is 5.32. The predicted molar refractivity (Wildman–Crippen MR) is 115 cm³/mol. The summed E-state index contributed by atoms with van der Waals surface area (Å²) in [5.41, 5.74) is 1.88. The summed E-state index contributed by atoms with van der Waals surface area (Å²) in [6, 6.07) is 2.83. The third-order valence-corrected chi connectivity index (χ3v) is 5.51. The smallest absolute Gasteiger partial charge is 0.274 e. The molecule has 0 spiro atoms. The highest BCUT2D eigenvalue weighted by Gasteiger charge is 2.30. The Morgan fingerprint density at radius 1 is 1.39 bits per heavy atom. The second-order valence-electron chi connectivity index (χ2n) is 7.42. The lowest BCUT2D eigenvalue weighted by atomic mass is 10.0. The minimum atomic E-state index is -1.12. The first-order chi connectivity index (χ1) is 14.8. The van der Waals surface area contributed by atoms with Crippen LogP contribution in [0.1, 0.15) is 12.0 Å². The fourth-order valence-corrected chi connectivity index (χ4v) is 3.96. The zero-order valence-electron chi connectivity index (χ0n) is 16.7. The average molecular weight is 445 g/mol. The molecule has 2 atom stereocenters. The number of piperidine rings is 1. The molecular weight excluding hydrogens is 427 g/mol. The number of rotatable bonds is 4. The van der Waals surface area contributed by atoms with E-state index in [1.807, 2.05) is 0 Å². The van der Waals surface area contributed by atoms with Crippen molar-refractivity contribution in [2.45, 2.75) is 25.6 Å². The molecule has 0 saturated carbocycles. The van der Waals surface area contributed by atoms with Gasteiger partial charge in [0.1, 0.15) is 11.3 Å². The number of halogens is 2. The van der Waals surface area contributed by atoms with Crippen LogP contribution in [0.25, 0.3) is 15.9 Å². The van der Waals surface area contributed by atoms with Crippen LogP contribution in [-0.4, -0.2) is 49.7 Å². The first-order valence-electron chi connectivity index (χ1n) is 9.43. The molecule has 4 rings (SSSR count). The van der Waals surface area contributed by atoms with Crippen molar-refractivity contribution in [1.29, 1.82) is 0 Å². The lowest BCUT2D eigenvalue weighted by molar-refractivity contribution is -0.385. The van der Waals surface area contributed by atoms with Crippen molar-refractivity contribution in [2.75, 3.05) is 23.3 Å². The van der Waals surface area contributed by atoms with E-state index in [1.165, 1.54) is 12.3 Å².